The smallest absolute Gasteiger partial charge is 0.307 e. The predicted octanol–water partition coefficient (Wildman–Crippen LogP) is 1.34. The molecule has 0 saturated heterocycles. The van der Waals surface area contributed by atoms with Crippen LogP contribution in [0.5, 0.6) is 0 Å². The van der Waals surface area contributed by atoms with Crippen LogP contribution in [0.25, 0.3) is 0 Å². The number of hydrogen-bond acceptors (Lipinski definition) is 3. The van der Waals surface area contributed by atoms with Gasteiger partial charge in [-0.05, 0) is 24.6 Å². The largest absolute Gasteiger partial charge is 0.481 e. The van der Waals surface area contributed by atoms with E-state index >= 15 is 0 Å². The second kappa shape index (κ2) is 5.49. The van der Waals surface area contributed by atoms with Crippen LogP contribution in [-0.4, -0.2) is 37.4 Å². The van der Waals surface area contributed by atoms with Gasteiger partial charge in [-0.15, -0.1) is 0 Å². The molecule has 0 aliphatic carbocycles. The Morgan fingerprint density at radius 3 is 2.56 bits per heavy atom. The van der Waals surface area contributed by atoms with E-state index in [0.717, 1.165) is 9.87 Å². The molecule has 0 aliphatic rings. The minimum absolute atomic E-state index is 0.0500. The lowest BCUT2D eigenvalue weighted by molar-refractivity contribution is -0.141. The molecule has 5 nitrogen and oxygen atoms in total. The minimum Gasteiger partial charge on any atom is -0.481 e. The maximum atomic E-state index is 12.2. The Balaban J connectivity index is 2.97. The van der Waals surface area contributed by atoms with Crippen LogP contribution >= 0.6 is 0 Å². The van der Waals surface area contributed by atoms with Gasteiger partial charge in [-0.25, -0.2) is 12.7 Å². The molecular weight excluding hydrogens is 254 g/mol. The molecule has 1 rings (SSSR count). The lowest BCUT2D eigenvalue weighted by Crippen LogP contribution is -2.33. The molecule has 0 aromatic heterocycles. The summed E-state index contributed by atoms with van der Waals surface area (Å²) in [6, 6.07) is 6.54. The Morgan fingerprint density at radius 1 is 1.44 bits per heavy atom. The van der Waals surface area contributed by atoms with Gasteiger partial charge >= 0.3 is 5.97 Å². The first-order valence-electron chi connectivity index (χ1n) is 5.51. The highest BCUT2D eigenvalue weighted by Gasteiger charge is 2.24. The summed E-state index contributed by atoms with van der Waals surface area (Å²) in [5.74, 6) is -1.75. The van der Waals surface area contributed by atoms with Gasteiger partial charge in [0.1, 0.15) is 0 Å². The average Bonchev–Trinajstić information content (AvgIpc) is 2.28. The van der Waals surface area contributed by atoms with Crippen molar-refractivity contribution in [3.8, 4) is 0 Å². The number of aryl methyl sites for hydroxylation is 1. The number of nitrogens with zero attached hydrogens (tertiary/aromatic N) is 1. The van der Waals surface area contributed by atoms with Crippen LogP contribution in [0, 0.1) is 12.8 Å². The molecule has 0 spiro atoms. The number of sulfonamides is 1. The van der Waals surface area contributed by atoms with Gasteiger partial charge in [-0.2, -0.15) is 0 Å². The summed E-state index contributed by atoms with van der Waals surface area (Å²) in [7, 11) is -2.23. The van der Waals surface area contributed by atoms with Gasteiger partial charge in [0.2, 0.25) is 10.0 Å². The molecule has 0 saturated carbocycles. The summed E-state index contributed by atoms with van der Waals surface area (Å²) < 4.78 is 25.4. The van der Waals surface area contributed by atoms with Crippen LogP contribution in [0.15, 0.2) is 29.2 Å². The second-order valence-electron chi connectivity index (χ2n) is 4.34. The van der Waals surface area contributed by atoms with E-state index in [1.807, 2.05) is 0 Å². The summed E-state index contributed by atoms with van der Waals surface area (Å²) in [6.45, 7) is 3.23. The summed E-state index contributed by atoms with van der Waals surface area (Å²) in [6.07, 6.45) is 0. The topological polar surface area (TPSA) is 74.7 Å². The highest BCUT2D eigenvalue weighted by atomic mass is 32.2. The minimum atomic E-state index is -3.62. The Morgan fingerprint density at radius 2 is 2.06 bits per heavy atom. The zero-order valence-electron chi connectivity index (χ0n) is 10.6. The third-order valence-electron chi connectivity index (χ3n) is 2.65. The molecule has 1 aromatic carbocycles. The lowest BCUT2D eigenvalue weighted by Gasteiger charge is -2.19. The molecule has 18 heavy (non-hydrogen) atoms. The molecule has 0 amide bonds. The normalized spacial score (nSPS) is 13.6. The summed E-state index contributed by atoms with van der Waals surface area (Å²) in [5.41, 5.74) is 0.843. The number of carboxylic acids is 1. The fraction of sp³-hybridized carbons (Fsp3) is 0.417. The van der Waals surface area contributed by atoms with E-state index in [-0.39, 0.29) is 11.4 Å². The third kappa shape index (κ3) is 3.30. The quantitative estimate of drug-likeness (QED) is 0.877. The van der Waals surface area contributed by atoms with Crippen molar-refractivity contribution >= 4 is 16.0 Å². The number of rotatable bonds is 5. The van der Waals surface area contributed by atoms with Crippen molar-refractivity contribution in [2.45, 2.75) is 18.7 Å². The molecule has 1 atom stereocenters. The highest BCUT2D eigenvalue weighted by Crippen LogP contribution is 2.16. The van der Waals surface area contributed by atoms with E-state index in [4.69, 9.17) is 5.11 Å². The van der Waals surface area contributed by atoms with Crippen LogP contribution in [0.3, 0.4) is 0 Å². The Kier molecular flexibility index (Phi) is 4.48. The van der Waals surface area contributed by atoms with Gasteiger partial charge in [0.05, 0.1) is 10.8 Å². The van der Waals surface area contributed by atoms with E-state index in [9.17, 15) is 13.2 Å². The van der Waals surface area contributed by atoms with Gasteiger partial charge < -0.3 is 5.11 Å². The number of carboxylic acid groups (broad SMARTS) is 1. The van der Waals surface area contributed by atoms with E-state index in [1.165, 1.54) is 20.0 Å². The van der Waals surface area contributed by atoms with Gasteiger partial charge in [-0.1, -0.05) is 19.1 Å². The van der Waals surface area contributed by atoms with Crippen LogP contribution in [0.4, 0.5) is 0 Å². The van der Waals surface area contributed by atoms with Crippen molar-refractivity contribution in [3.05, 3.63) is 29.8 Å². The van der Waals surface area contributed by atoms with E-state index in [0.29, 0.717) is 0 Å². The summed E-state index contributed by atoms with van der Waals surface area (Å²) in [4.78, 5) is 10.9. The van der Waals surface area contributed by atoms with Crippen molar-refractivity contribution in [3.63, 3.8) is 0 Å². The van der Waals surface area contributed by atoms with Crippen LogP contribution in [0.2, 0.25) is 0 Å². The molecule has 0 heterocycles. The maximum absolute atomic E-state index is 12.2. The zero-order valence-corrected chi connectivity index (χ0v) is 11.4. The van der Waals surface area contributed by atoms with E-state index < -0.39 is 21.9 Å². The molecular formula is C12H17NO4S. The standard InChI is InChI=1S/C12H17NO4S/c1-9-5-4-6-11(7-9)18(16,17)13(3)8-10(2)12(14)15/h4-7,10H,8H2,1-3H3,(H,14,15). The molecule has 0 radical (unpaired) electrons. The Hall–Kier alpha value is -1.40. The van der Waals surface area contributed by atoms with Crippen molar-refractivity contribution in [2.24, 2.45) is 5.92 Å². The molecule has 1 unspecified atom stereocenters. The van der Waals surface area contributed by atoms with Gasteiger partial charge in [0.25, 0.3) is 0 Å². The first kappa shape index (κ1) is 14.7. The van der Waals surface area contributed by atoms with E-state index in [1.54, 1.807) is 25.1 Å². The maximum Gasteiger partial charge on any atom is 0.307 e. The van der Waals surface area contributed by atoms with Crippen molar-refractivity contribution in [2.75, 3.05) is 13.6 Å². The second-order valence-corrected chi connectivity index (χ2v) is 6.39. The third-order valence-corrected chi connectivity index (χ3v) is 4.47. The fourth-order valence-electron chi connectivity index (χ4n) is 1.52. The van der Waals surface area contributed by atoms with Crippen LogP contribution in [0.1, 0.15) is 12.5 Å². The van der Waals surface area contributed by atoms with Crippen molar-refractivity contribution < 1.29 is 18.3 Å². The molecule has 1 aromatic rings. The first-order valence-corrected chi connectivity index (χ1v) is 6.95. The Labute approximate surface area is 107 Å². The summed E-state index contributed by atoms with van der Waals surface area (Å²) in [5, 5.41) is 8.79. The van der Waals surface area contributed by atoms with E-state index in [2.05, 4.69) is 0 Å². The van der Waals surface area contributed by atoms with Gasteiger partial charge in [0, 0.05) is 13.6 Å². The number of benzene rings is 1. The van der Waals surface area contributed by atoms with Gasteiger partial charge in [-0.3, -0.25) is 4.79 Å². The van der Waals surface area contributed by atoms with Crippen molar-refractivity contribution in [1.82, 2.24) is 4.31 Å². The van der Waals surface area contributed by atoms with Crippen LogP contribution < -0.4 is 0 Å². The predicted molar refractivity (Wildman–Crippen MR) is 67.8 cm³/mol. The molecule has 0 fully saturated rings. The zero-order chi connectivity index (χ0) is 13.9. The van der Waals surface area contributed by atoms with Gasteiger partial charge in [0.15, 0.2) is 0 Å². The molecule has 6 heteroatoms. The first-order chi connectivity index (χ1) is 8.25. The average molecular weight is 271 g/mol. The molecule has 100 valence electrons. The highest BCUT2D eigenvalue weighted by molar-refractivity contribution is 7.89. The lowest BCUT2D eigenvalue weighted by atomic mass is 10.2. The SMILES string of the molecule is Cc1cccc(S(=O)(=O)N(C)CC(C)C(=O)O)c1. The fourth-order valence-corrected chi connectivity index (χ4v) is 2.88. The monoisotopic (exact) mass is 271 g/mol. The number of carbonyl (C=O) groups is 1. The number of aliphatic carboxylic acids is 1. The number of hydrogen-bond donors (Lipinski definition) is 1. The van der Waals surface area contributed by atoms with Crippen LogP contribution in [-0.2, 0) is 14.8 Å². The molecule has 1 N–H and O–H groups in total. The Bertz CT molecular complexity index is 539. The van der Waals surface area contributed by atoms with Crippen molar-refractivity contribution in [1.29, 1.82) is 0 Å². The molecule has 0 aliphatic heterocycles. The summed E-state index contributed by atoms with van der Waals surface area (Å²) >= 11 is 0. The molecule has 0 bridgehead atoms.